The van der Waals surface area contributed by atoms with Gasteiger partial charge in [-0.05, 0) is 23.8 Å². The second kappa shape index (κ2) is 6.68. The molecule has 1 aliphatic heterocycles. The summed E-state index contributed by atoms with van der Waals surface area (Å²) >= 11 is 0. The molecule has 114 valence electrons. The first-order chi connectivity index (χ1) is 9.97. The summed E-state index contributed by atoms with van der Waals surface area (Å²) in [5.41, 5.74) is 0.702. The number of hydrogen-bond acceptors (Lipinski definition) is 7. The number of rotatable bonds is 4. The first kappa shape index (κ1) is 15.5. The number of carbonyl (C=O) groups excluding carboxylic acids is 1. The van der Waals surface area contributed by atoms with Gasteiger partial charge in [0.1, 0.15) is 30.7 Å². The lowest BCUT2D eigenvalue weighted by Crippen LogP contribution is -2.34. The summed E-state index contributed by atoms with van der Waals surface area (Å²) in [4.78, 5) is 11.5. The Morgan fingerprint density at radius 1 is 1.19 bits per heavy atom. The summed E-state index contributed by atoms with van der Waals surface area (Å²) in [7, 11) is 0. The molecule has 21 heavy (non-hydrogen) atoms. The molecular formula is C14H16O7. The number of aromatic hydroxyl groups is 1. The van der Waals surface area contributed by atoms with Crippen LogP contribution in [0, 0.1) is 0 Å². The van der Waals surface area contributed by atoms with E-state index in [1.54, 1.807) is 12.1 Å². The van der Waals surface area contributed by atoms with E-state index in [0.717, 1.165) is 0 Å². The van der Waals surface area contributed by atoms with Crippen molar-refractivity contribution in [1.29, 1.82) is 0 Å². The molecular weight excluding hydrogens is 280 g/mol. The van der Waals surface area contributed by atoms with Crippen molar-refractivity contribution in [3.05, 3.63) is 35.9 Å². The van der Waals surface area contributed by atoms with Gasteiger partial charge in [0.25, 0.3) is 0 Å². The number of phenols is 1. The first-order valence-electron chi connectivity index (χ1n) is 6.31. The minimum atomic E-state index is -1.49. The number of aliphatic hydroxyl groups excluding tert-OH is 3. The molecule has 1 heterocycles. The SMILES string of the molecule is O=C(/C=C/c1ccc(O)cc1)OC[C@@H]1OC(O)[C@H](O)[C@H]1O. The molecule has 0 radical (unpaired) electrons. The van der Waals surface area contributed by atoms with Crippen LogP contribution >= 0.6 is 0 Å². The van der Waals surface area contributed by atoms with E-state index in [0.29, 0.717) is 5.56 Å². The number of hydrogen-bond donors (Lipinski definition) is 4. The third-order valence-electron chi connectivity index (χ3n) is 3.03. The highest BCUT2D eigenvalue weighted by Crippen LogP contribution is 2.19. The molecule has 7 heteroatoms. The second-order valence-corrected chi connectivity index (χ2v) is 4.60. The minimum Gasteiger partial charge on any atom is -0.508 e. The van der Waals surface area contributed by atoms with E-state index in [1.165, 1.54) is 24.3 Å². The van der Waals surface area contributed by atoms with Crippen LogP contribution in [0.25, 0.3) is 6.08 Å². The Morgan fingerprint density at radius 2 is 1.86 bits per heavy atom. The van der Waals surface area contributed by atoms with Gasteiger partial charge in [0.15, 0.2) is 6.29 Å². The van der Waals surface area contributed by atoms with Crippen LogP contribution in [0.15, 0.2) is 30.3 Å². The normalized spacial score (nSPS) is 28.9. The summed E-state index contributed by atoms with van der Waals surface area (Å²) in [5.74, 6) is -0.533. The van der Waals surface area contributed by atoms with Crippen molar-refractivity contribution in [2.75, 3.05) is 6.61 Å². The molecule has 0 bridgehead atoms. The van der Waals surface area contributed by atoms with Gasteiger partial charge in [-0.3, -0.25) is 0 Å². The molecule has 7 nitrogen and oxygen atoms in total. The van der Waals surface area contributed by atoms with Crippen LogP contribution in [0.2, 0.25) is 0 Å². The maximum atomic E-state index is 11.5. The lowest BCUT2D eigenvalue weighted by molar-refractivity contribution is -0.153. The maximum Gasteiger partial charge on any atom is 0.330 e. The lowest BCUT2D eigenvalue weighted by atomic mass is 10.1. The molecule has 2 rings (SSSR count). The van der Waals surface area contributed by atoms with Crippen LogP contribution in [0.4, 0.5) is 0 Å². The van der Waals surface area contributed by atoms with E-state index in [2.05, 4.69) is 0 Å². The Hall–Kier alpha value is -1.93. The number of carbonyl (C=O) groups is 1. The standard InChI is InChI=1S/C14H16O7/c15-9-4-1-8(2-5-9)3-6-11(16)20-7-10-12(17)13(18)14(19)21-10/h1-6,10,12-15,17-19H,7H2/b6-3+/t10-,12-,13+,14?/m0/s1. The third-order valence-corrected chi connectivity index (χ3v) is 3.03. The average molecular weight is 296 g/mol. The van der Waals surface area contributed by atoms with Gasteiger partial charge in [0, 0.05) is 6.08 Å². The van der Waals surface area contributed by atoms with Gasteiger partial charge in [0.05, 0.1) is 0 Å². The molecule has 0 amide bonds. The van der Waals surface area contributed by atoms with Crippen LogP contribution in [0.5, 0.6) is 5.75 Å². The largest absolute Gasteiger partial charge is 0.508 e. The van der Waals surface area contributed by atoms with E-state index in [-0.39, 0.29) is 12.4 Å². The molecule has 1 fully saturated rings. The molecule has 0 saturated carbocycles. The van der Waals surface area contributed by atoms with Crippen molar-refractivity contribution in [1.82, 2.24) is 0 Å². The van der Waals surface area contributed by atoms with Crippen molar-refractivity contribution in [2.24, 2.45) is 0 Å². The molecule has 0 aromatic heterocycles. The van der Waals surface area contributed by atoms with Crippen molar-refractivity contribution in [3.63, 3.8) is 0 Å². The Balaban J connectivity index is 1.81. The fraction of sp³-hybridized carbons (Fsp3) is 0.357. The van der Waals surface area contributed by atoms with Crippen molar-refractivity contribution >= 4 is 12.0 Å². The Kier molecular flexibility index (Phi) is 4.92. The number of phenolic OH excluding ortho intramolecular Hbond substituents is 1. The molecule has 1 aromatic rings. The molecule has 1 saturated heterocycles. The fourth-order valence-electron chi connectivity index (χ4n) is 1.83. The van der Waals surface area contributed by atoms with Crippen LogP contribution in [-0.2, 0) is 14.3 Å². The van der Waals surface area contributed by atoms with E-state index >= 15 is 0 Å². The van der Waals surface area contributed by atoms with Crippen LogP contribution in [0.3, 0.4) is 0 Å². The van der Waals surface area contributed by atoms with E-state index < -0.39 is 30.6 Å². The molecule has 4 N–H and O–H groups in total. The summed E-state index contributed by atoms with van der Waals surface area (Å²) in [5, 5.41) is 37.1. The quantitative estimate of drug-likeness (QED) is 0.432. The Morgan fingerprint density at radius 3 is 2.43 bits per heavy atom. The topological polar surface area (TPSA) is 116 Å². The van der Waals surface area contributed by atoms with Gasteiger partial charge < -0.3 is 29.9 Å². The van der Waals surface area contributed by atoms with Crippen LogP contribution < -0.4 is 0 Å². The van der Waals surface area contributed by atoms with Crippen LogP contribution in [-0.4, -0.2) is 57.6 Å². The summed E-state index contributed by atoms with van der Waals surface area (Å²) in [6, 6.07) is 6.21. The molecule has 1 aromatic carbocycles. The zero-order chi connectivity index (χ0) is 15.4. The van der Waals surface area contributed by atoms with Crippen molar-refractivity contribution in [3.8, 4) is 5.75 Å². The monoisotopic (exact) mass is 296 g/mol. The molecule has 1 aliphatic rings. The second-order valence-electron chi connectivity index (χ2n) is 4.60. The Bertz CT molecular complexity index is 511. The smallest absolute Gasteiger partial charge is 0.330 e. The molecule has 0 aliphatic carbocycles. The highest BCUT2D eigenvalue weighted by molar-refractivity contribution is 5.87. The fourth-order valence-corrected chi connectivity index (χ4v) is 1.83. The van der Waals surface area contributed by atoms with E-state index in [4.69, 9.17) is 14.6 Å². The minimum absolute atomic E-state index is 0.124. The number of benzene rings is 1. The number of esters is 1. The number of aliphatic hydroxyl groups is 3. The molecule has 1 unspecified atom stereocenters. The van der Waals surface area contributed by atoms with E-state index in [1.807, 2.05) is 0 Å². The summed E-state index contributed by atoms with van der Waals surface area (Å²) in [6.07, 6.45) is -2.51. The van der Waals surface area contributed by atoms with Gasteiger partial charge in [-0.15, -0.1) is 0 Å². The van der Waals surface area contributed by atoms with Gasteiger partial charge >= 0.3 is 5.97 Å². The van der Waals surface area contributed by atoms with Gasteiger partial charge in [-0.25, -0.2) is 4.79 Å². The predicted molar refractivity (Wildman–Crippen MR) is 71.0 cm³/mol. The number of ether oxygens (including phenoxy) is 2. The molecule has 0 spiro atoms. The van der Waals surface area contributed by atoms with Crippen LogP contribution in [0.1, 0.15) is 5.56 Å². The van der Waals surface area contributed by atoms with Gasteiger partial charge in [0.2, 0.25) is 0 Å². The van der Waals surface area contributed by atoms with Gasteiger partial charge in [-0.2, -0.15) is 0 Å². The summed E-state index contributed by atoms with van der Waals surface area (Å²) in [6.45, 7) is -0.284. The highest BCUT2D eigenvalue weighted by Gasteiger charge is 2.42. The van der Waals surface area contributed by atoms with E-state index in [9.17, 15) is 20.1 Å². The highest BCUT2D eigenvalue weighted by atomic mass is 16.7. The zero-order valence-electron chi connectivity index (χ0n) is 11.0. The van der Waals surface area contributed by atoms with Crippen molar-refractivity contribution in [2.45, 2.75) is 24.6 Å². The lowest BCUT2D eigenvalue weighted by Gasteiger charge is -2.13. The first-order valence-corrected chi connectivity index (χ1v) is 6.31. The summed E-state index contributed by atoms with van der Waals surface area (Å²) < 4.78 is 9.69. The average Bonchev–Trinajstić information content (AvgIpc) is 2.72. The maximum absolute atomic E-state index is 11.5. The third kappa shape index (κ3) is 4.02. The Labute approximate surface area is 120 Å². The zero-order valence-corrected chi connectivity index (χ0v) is 11.0. The predicted octanol–water partition coefficient (Wildman–Crippen LogP) is -0.612. The van der Waals surface area contributed by atoms with Gasteiger partial charge in [-0.1, -0.05) is 12.1 Å². The van der Waals surface area contributed by atoms with Crippen molar-refractivity contribution < 1.29 is 34.7 Å². The molecule has 4 atom stereocenters.